The van der Waals surface area contributed by atoms with Crippen LogP contribution in [0.4, 0.5) is 0 Å². The number of aryl methyl sites for hydroxylation is 1. The van der Waals surface area contributed by atoms with Crippen molar-refractivity contribution in [3.05, 3.63) is 59.5 Å². The average Bonchev–Trinajstić information content (AvgIpc) is 3.16. The molecule has 1 saturated heterocycles. The highest BCUT2D eigenvalue weighted by Gasteiger charge is 2.32. The lowest BCUT2D eigenvalue weighted by Crippen LogP contribution is -2.47. The molecule has 1 aliphatic rings. The van der Waals surface area contributed by atoms with Crippen LogP contribution in [0.25, 0.3) is 0 Å². The van der Waals surface area contributed by atoms with Crippen LogP contribution in [0.2, 0.25) is 0 Å². The summed E-state index contributed by atoms with van der Waals surface area (Å²) in [5.41, 5.74) is 1.71. The van der Waals surface area contributed by atoms with Gasteiger partial charge in [0.25, 0.3) is 5.91 Å². The first kappa shape index (κ1) is 21.1. The SMILES string of the molecule is Cc1occc1C(=O)N1CCC[C@@H](C(=O)N(CCN(C)C)Cc2ccccc2)C1. The molecule has 1 aliphatic heterocycles. The molecule has 1 fully saturated rings. The normalized spacial score (nSPS) is 16.8. The molecule has 29 heavy (non-hydrogen) atoms. The van der Waals surface area contributed by atoms with Crippen LogP contribution in [-0.4, -0.2) is 66.8 Å². The van der Waals surface area contributed by atoms with Gasteiger partial charge in [-0.2, -0.15) is 0 Å². The second-order valence-corrected chi connectivity index (χ2v) is 8.03. The zero-order valence-corrected chi connectivity index (χ0v) is 17.6. The summed E-state index contributed by atoms with van der Waals surface area (Å²) >= 11 is 0. The van der Waals surface area contributed by atoms with Crippen molar-refractivity contribution in [2.75, 3.05) is 40.3 Å². The number of benzene rings is 1. The van der Waals surface area contributed by atoms with Gasteiger partial charge >= 0.3 is 0 Å². The second-order valence-electron chi connectivity index (χ2n) is 8.03. The van der Waals surface area contributed by atoms with Gasteiger partial charge < -0.3 is 19.1 Å². The topological polar surface area (TPSA) is 57.0 Å². The van der Waals surface area contributed by atoms with E-state index in [1.54, 1.807) is 17.9 Å². The predicted molar refractivity (Wildman–Crippen MR) is 112 cm³/mol. The number of hydrogen-bond donors (Lipinski definition) is 0. The summed E-state index contributed by atoms with van der Waals surface area (Å²) in [4.78, 5) is 32.1. The average molecular weight is 398 g/mol. The van der Waals surface area contributed by atoms with Crippen LogP contribution in [0, 0.1) is 12.8 Å². The zero-order valence-electron chi connectivity index (χ0n) is 17.6. The van der Waals surface area contributed by atoms with E-state index >= 15 is 0 Å². The minimum absolute atomic E-state index is 0.0448. The number of likely N-dealkylation sites (tertiary alicyclic amines) is 1. The van der Waals surface area contributed by atoms with Crippen molar-refractivity contribution < 1.29 is 14.0 Å². The molecule has 0 bridgehead atoms. The van der Waals surface area contributed by atoms with E-state index in [4.69, 9.17) is 4.42 Å². The fraction of sp³-hybridized carbons (Fsp3) is 0.478. The highest BCUT2D eigenvalue weighted by atomic mass is 16.3. The van der Waals surface area contributed by atoms with Crippen LogP contribution < -0.4 is 0 Å². The summed E-state index contributed by atoms with van der Waals surface area (Å²) < 4.78 is 5.28. The van der Waals surface area contributed by atoms with Crippen molar-refractivity contribution in [2.45, 2.75) is 26.3 Å². The quantitative estimate of drug-likeness (QED) is 0.721. The Hall–Kier alpha value is -2.60. The lowest BCUT2D eigenvalue weighted by molar-refractivity contribution is -0.137. The largest absolute Gasteiger partial charge is 0.469 e. The maximum Gasteiger partial charge on any atom is 0.257 e. The highest BCUT2D eigenvalue weighted by Crippen LogP contribution is 2.23. The Morgan fingerprint density at radius 3 is 2.55 bits per heavy atom. The fourth-order valence-electron chi connectivity index (χ4n) is 3.79. The van der Waals surface area contributed by atoms with Crippen molar-refractivity contribution in [1.82, 2.24) is 14.7 Å². The van der Waals surface area contributed by atoms with E-state index in [1.807, 2.05) is 49.3 Å². The Balaban J connectivity index is 1.70. The van der Waals surface area contributed by atoms with Crippen LogP contribution in [0.1, 0.15) is 34.5 Å². The van der Waals surface area contributed by atoms with Gasteiger partial charge in [-0.25, -0.2) is 0 Å². The Morgan fingerprint density at radius 1 is 1.14 bits per heavy atom. The zero-order chi connectivity index (χ0) is 20.8. The third-order valence-corrected chi connectivity index (χ3v) is 5.49. The van der Waals surface area contributed by atoms with E-state index in [0.29, 0.717) is 37.5 Å². The molecule has 1 aromatic carbocycles. The lowest BCUT2D eigenvalue weighted by atomic mass is 9.95. The van der Waals surface area contributed by atoms with E-state index in [1.165, 1.54) is 6.26 Å². The molecule has 2 aromatic rings. The molecule has 6 nitrogen and oxygen atoms in total. The van der Waals surface area contributed by atoms with E-state index in [0.717, 1.165) is 24.9 Å². The number of carbonyl (C=O) groups is 2. The van der Waals surface area contributed by atoms with Gasteiger partial charge in [-0.15, -0.1) is 0 Å². The lowest BCUT2D eigenvalue weighted by Gasteiger charge is -2.35. The summed E-state index contributed by atoms with van der Waals surface area (Å²) in [6, 6.07) is 11.8. The van der Waals surface area contributed by atoms with E-state index < -0.39 is 0 Å². The van der Waals surface area contributed by atoms with Crippen LogP contribution in [-0.2, 0) is 11.3 Å². The van der Waals surface area contributed by atoms with Gasteiger partial charge in [0.05, 0.1) is 17.7 Å². The molecule has 0 aliphatic carbocycles. The first-order valence-corrected chi connectivity index (χ1v) is 10.3. The van der Waals surface area contributed by atoms with Gasteiger partial charge in [-0.05, 0) is 45.5 Å². The van der Waals surface area contributed by atoms with E-state index in [-0.39, 0.29) is 17.7 Å². The number of rotatable bonds is 7. The van der Waals surface area contributed by atoms with Gasteiger partial charge in [-0.1, -0.05) is 30.3 Å². The van der Waals surface area contributed by atoms with Crippen molar-refractivity contribution >= 4 is 11.8 Å². The maximum absolute atomic E-state index is 13.4. The number of nitrogens with zero attached hydrogens (tertiary/aromatic N) is 3. The maximum atomic E-state index is 13.4. The minimum atomic E-state index is -0.161. The summed E-state index contributed by atoms with van der Waals surface area (Å²) in [6.45, 7) is 5.02. The number of carbonyl (C=O) groups excluding carboxylic acids is 2. The van der Waals surface area contributed by atoms with Gasteiger partial charge in [0.2, 0.25) is 5.91 Å². The van der Waals surface area contributed by atoms with Crippen LogP contribution in [0.5, 0.6) is 0 Å². The number of furan rings is 1. The van der Waals surface area contributed by atoms with Crippen molar-refractivity contribution in [2.24, 2.45) is 5.92 Å². The Morgan fingerprint density at radius 2 is 1.90 bits per heavy atom. The summed E-state index contributed by atoms with van der Waals surface area (Å²) in [5, 5.41) is 0. The molecular weight excluding hydrogens is 366 g/mol. The monoisotopic (exact) mass is 397 g/mol. The van der Waals surface area contributed by atoms with Crippen LogP contribution >= 0.6 is 0 Å². The molecule has 0 N–H and O–H groups in total. The molecule has 2 heterocycles. The Labute approximate surface area is 173 Å². The molecule has 156 valence electrons. The standard InChI is InChI=1S/C23H31N3O3/c1-18-21(11-15-29-18)23(28)25-12-7-10-20(17-25)22(27)26(14-13-24(2)3)16-19-8-5-4-6-9-19/h4-6,8-9,11,15,20H,7,10,12-14,16-17H2,1-3H3/t20-/m1/s1. The number of piperidine rings is 1. The highest BCUT2D eigenvalue weighted by molar-refractivity contribution is 5.95. The summed E-state index contributed by atoms with van der Waals surface area (Å²) in [5.74, 6) is 0.555. The fourth-order valence-corrected chi connectivity index (χ4v) is 3.79. The predicted octanol–water partition coefficient (Wildman–Crippen LogP) is 3.03. The minimum Gasteiger partial charge on any atom is -0.469 e. The molecule has 2 amide bonds. The molecule has 6 heteroatoms. The summed E-state index contributed by atoms with van der Waals surface area (Å²) in [6.07, 6.45) is 3.20. The van der Waals surface area contributed by atoms with Gasteiger partial charge in [0.15, 0.2) is 0 Å². The smallest absolute Gasteiger partial charge is 0.257 e. The first-order chi connectivity index (χ1) is 14.0. The molecule has 0 radical (unpaired) electrons. The molecule has 0 spiro atoms. The molecule has 1 aromatic heterocycles. The Bertz CT molecular complexity index is 816. The summed E-state index contributed by atoms with van der Waals surface area (Å²) in [7, 11) is 4.03. The third kappa shape index (κ3) is 5.48. The Kier molecular flexibility index (Phi) is 7.09. The van der Waals surface area contributed by atoms with Gasteiger partial charge in [-0.3, -0.25) is 9.59 Å². The van der Waals surface area contributed by atoms with Crippen LogP contribution in [0.15, 0.2) is 47.1 Å². The van der Waals surface area contributed by atoms with Crippen LogP contribution in [0.3, 0.4) is 0 Å². The molecule has 1 atom stereocenters. The van der Waals surface area contributed by atoms with Gasteiger partial charge in [0.1, 0.15) is 5.76 Å². The number of amides is 2. The molecule has 0 unspecified atom stereocenters. The van der Waals surface area contributed by atoms with E-state index in [9.17, 15) is 9.59 Å². The second kappa shape index (κ2) is 9.74. The number of hydrogen-bond acceptors (Lipinski definition) is 4. The molecule has 0 saturated carbocycles. The van der Waals surface area contributed by atoms with Crippen molar-refractivity contribution in [1.29, 1.82) is 0 Å². The number of likely N-dealkylation sites (N-methyl/N-ethyl adjacent to an activating group) is 1. The van der Waals surface area contributed by atoms with Crippen molar-refractivity contribution in [3.63, 3.8) is 0 Å². The van der Waals surface area contributed by atoms with Gasteiger partial charge in [0, 0.05) is 32.7 Å². The molecular formula is C23H31N3O3. The van der Waals surface area contributed by atoms with E-state index in [2.05, 4.69) is 4.90 Å². The molecule has 3 rings (SSSR count). The van der Waals surface area contributed by atoms with Crippen molar-refractivity contribution in [3.8, 4) is 0 Å². The third-order valence-electron chi connectivity index (χ3n) is 5.49. The first-order valence-electron chi connectivity index (χ1n) is 10.3.